The van der Waals surface area contributed by atoms with Crippen molar-refractivity contribution in [3.8, 4) is 0 Å². The van der Waals surface area contributed by atoms with Crippen molar-refractivity contribution in [1.82, 2.24) is 15.6 Å². The largest absolute Gasteiger partial charge is 0.314 e. The molecule has 4 nitrogen and oxygen atoms in total. The summed E-state index contributed by atoms with van der Waals surface area (Å²) in [5, 5.41) is 3.39. The highest BCUT2D eigenvalue weighted by atomic mass is 19.1. The van der Waals surface area contributed by atoms with Crippen LogP contribution in [0.25, 0.3) is 0 Å². The summed E-state index contributed by atoms with van der Waals surface area (Å²) in [6, 6.07) is 3.86. The lowest BCUT2D eigenvalue weighted by Crippen LogP contribution is -2.41. The second-order valence-electron chi connectivity index (χ2n) is 3.81. The Balaban J connectivity index is 2.15. The molecule has 0 aromatic heterocycles. The van der Waals surface area contributed by atoms with Crippen LogP contribution in [0.2, 0.25) is 0 Å². The van der Waals surface area contributed by atoms with Crippen LogP contribution >= 0.6 is 0 Å². The number of halogens is 2. The Bertz CT molecular complexity index is 365. The van der Waals surface area contributed by atoms with Gasteiger partial charge in [0.15, 0.2) is 0 Å². The first-order chi connectivity index (χ1) is 7.58. The van der Waals surface area contributed by atoms with Crippen LogP contribution < -0.4 is 11.2 Å². The third-order valence-corrected chi connectivity index (χ3v) is 2.59. The van der Waals surface area contributed by atoms with Gasteiger partial charge < -0.3 is 5.73 Å². The summed E-state index contributed by atoms with van der Waals surface area (Å²) < 4.78 is 26.8. The fraction of sp³-hybridized carbons (Fsp3) is 0.400. The van der Waals surface area contributed by atoms with Gasteiger partial charge in [-0.25, -0.2) is 19.2 Å². The highest BCUT2D eigenvalue weighted by molar-refractivity contribution is 5.19. The zero-order valence-electron chi connectivity index (χ0n) is 8.95. The molecule has 1 aromatic rings. The maximum Gasteiger partial charge on any atom is 0.130 e. The van der Waals surface area contributed by atoms with Crippen molar-refractivity contribution in [1.29, 1.82) is 0 Å². The van der Waals surface area contributed by atoms with E-state index >= 15 is 0 Å². The van der Waals surface area contributed by atoms with E-state index < -0.39 is 11.6 Å². The van der Waals surface area contributed by atoms with Crippen molar-refractivity contribution >= 4 is 0 Å². The minimum Gasteiger partial charge on any atom is -0.314 e. The van der Waals surface area contributed by atoms with Crippen molar-refractivity contribution in [3.05, 3.63) is 35.4 Å². The zero-order valence-corrected chi connectivity index (χ0v) is 8.95. The van der Waals surface area contributed by atoms with Gasteiger partial charge >= 0.3 is 0 Å². The number of nitrogens with two attached hydrogens (primary N) is 1. The molecule has 1 aliphatic rings. The van der Waals surface area contributed by atoms with Gasteiger partial charge in [-0.15, -0.1) is 0 Å². The molecule has 0 aliphatic carbocycles. The van der Waals surface area contributed by atoms with Gasteiger partial charge in [0.1, 0.15) is 11.6 Å². The van der Waals surface area contributed by atoms with E-state index in [-0.39, 0.29) is 18.3 Å². The monoisotopic (exact) mass is 228 g/mol. The summed E-state index contributed by atoms with van der Waals surface area (Å²) in [6.45, 7) is 0.681. The molecule has 1 atom stereocenters. The molecule has 2 rings (SSSR count). The van der Waals surface area contributed by atoms with E-state index in [9.17, 15) is 8.78 Å². The number of rotatable bonds is 2. The van der Waals surface area contributed by atoms with Crippen LogP contribution in [0.1, 0.15) is 5.56 Å². The molecule has 1 aliphatic heterocycles. The van der Waals surface area contributed by atoms with Crippen molar-refractivity contribution in [2.75, 3.05) is 13.6 Å². The molecule has 16 heavy (non-hydrogen) atoms. The van der Waals surface area contributed by atoms with Gasteiger partial charge in [0.05, 0.1) is 6.17 Å². The summed E-state index contributed by atoms with van der Waals surface area (Å²) in [5.41, 5.74) is 8.64. The lowest BCUT2D eigenvalue weighted by Gasteiger charge is -2.22. The van der Waals surface area contributed by atoms with E-state index in [2.05, 4.69) is 5.43 Å². The molecule has 3 N–H and O–H groups in total. The van der Waals surface area contributed by atoms with E-state index in [1.54, 1.807) is 17.2 Å². The summed E-state index contributed by atoms with van der Waals surface area (Å²) >= 11 is 0. The second kappa shape index (κ2) is 4.42. The average molecular weight is 228 g/mol. The number of nitrogens with one attached hydrogen (secondary N) is 1. The maximum atomic E-state index is 13.4. The molecule has 0 spiro atoms. The van der Waals surface area contributed by atoms with Gasteiger partial charge in [-0.05, 0) is 12.1 Å². The van der Waals surface area contributed by atoms with Gasteiger partial charge in [0.2, 0.25) is 0 Å². The van der Waals surface area contributed by atoms with Crippen LogP contribution in [-0.4, -0.2) is 29.9 Å². The van der Waals surface area contributed by atoms with Crippen molar-refractivity contribution in [3.63, 3.8) is 0 Å². The predicted molar refractivity (Wildman–Crippen MR) is 55.6 cm³/mol. The first-order valence-electron chi connectivity index (χ1n) is 5.01. The topological polar surface area (TPSA) is 44.5 Å². The Morgan fingerprint density at radius 2 is 2.06 bits per heavy atom. The fourth-order valence-corrected chi connectivity index (χ4v) is 1.75. The van der Waals surface area contributed by atoms with Gasteiger partial charge in [0.25, 0.3) is 0 Å². The van der Waals surface area contributed by atoms with E-state index in [0.29, 0.717) is 6.54 Å². The molecule has 0 saturated carbocycles. The van der Waals surface area contributed by atoms with Crippen LogP contribution in [0.3, 0.4) is 0 Å². The predicted octanol–water partition coefficient (Wildman–Crippen LogP) is 0.417. The van der Waals surface area contributed by atoms with Crippen molar-refractivity contribution in [2.45, 2.75) is 12.7 Å². The van der Waals surface area contributed by atoms with Crippen LogP contribution in [0.15, 0.2) is 18.2 Å². The third-order valence-electron chi connectivity index (χ3n) is 2.59. The summed E-state index contributed by atoms with van der Waals surface area (Å²) in [7, 11) is 1.76. The molecular formula is C10H14F2N4. The summed E-state index contributed by atoms with van der Waals surface area (Å²) in [4.78, 5) is 0. The lowest BCUT2D eigenvalue weighted by atomic mass is 10.2. The SMILES string of the molecule is CN1NC(N)CN1Cc1c(F)cccc1F. The Morgan fingerprint density at radius 3 is 2.56 bits per heavy atom. The molecule has 0 amide bonds. The summed E-state index contributed by atoms with van der Waals surface area (Å²) in [5.74, 6) is -1.07. The maximum absolute atomic E-state index is 13.4. The first-order valence-corrected chi connectivity index (χ1v) is 5.01. The molecule has 88 valence electrons. The molecular weight excluding hydrogens is 214 g/mol. The lowest BCUT2D eigenvalue weighted by molar-refractivity contribution is 0.00728. The molecule has 1 unspecified atom stereocenters. The van der Waals surface area contributed by atoms with E-state index in [1.807, 2.05) is 0 Å². The molecule has 0 radical (unpaired) electrons. The van der Waals surface area contributed by atoms with Crippen LogP contribution in [0.4, 0.5) is 8.78 Å². The zero-order chi connectivity index (χ0) is 11.7. The molecule has 1 aromatic carbocycles. The Hall–Kier alpha value is -1.08. The molecule has 0 bridgehead atoms. The highest BCUT2D eigenvalue weighted by Crippen LogP contribution is 2.16. The molecule has 1 heterocycles. The normalized spacial score (nSPS) is 22.9. The second-order valence-corrected chi connectivity index (χ2v) is 3.81. The minimum atomic E-state index is -0.533. The van der Waals surface area contributed by atoms with E-state index in [1.165, 1.54) is 18.2 Å². The summed E-state index contributed by atoms with van der Waals surface area (Å²) in [6.07, 6.45) is -0.208. The molecule has 1 saturated heterocycles. The number of hydrogen-bond donors (Lipinski definition) is 2. The average Bonchev–Trinajstić information content (AvgIpc) is 2.51. The Morgan fingerprint density at radius 1 is 1.44 bits per heavy atom. The molecule has 1 fully saturated rings. The molecule has 6 heteroatoms. The number of nitrogens with zero attached hydrogens (tertiary/aromatic N) is 2. The standard InChI is InChI=1S/C10H14F2N4/c1-15-14-10(13)6-16(15)5-7-8(11)3-2-4-9(7)12/h2-4,10,14H,5-6,13H2,1H3. The van der Waals surface area contributed by atoms with Gasteiger partial charge in [-0.2, -0.15) is 5.12 Å². The third kappa shape index (κ3) is 2.19. The Labute approximate surface area is 92.6 Å². The number of benzene rings is 1. The van der Waals surface area contributed by atoms with E-state index in [0.717, 1.165) is 0 Å². The fourth-order valence-electron chi connectivity index (χ4n) is 1.75. The minimum absolute atomic E-state index is 0.0604. The van der Waals surface area contributed by atoms with Crippen molar-refractivity contribution in [2.24, 2.45) is 5.73 Å². The van der Waals surface area contributed by atoms with Gasteiger partial charge in [-0.1, -0.05) is 6.07 Å². The van der Waals surface area contributed by atoms with Crippen LogP contribution in [0.5, 0.6) is 0 Å². The quantitative estimate of drug-likeness (QED) is 0.770. The smallest absolute Gasteiger partial charge is 0.130 e. The first kappa shape index (κ1) is 11.4. The van der Waals surface area contributed by atoms with Crippen LogP contribution in [0, 0.1) is 11.6 Å². The number of hydrazine groups is 2. The van der Waals surface area contributed by atoms with Gasteiger partial charge in [0, 0.05) is 25.7 Å². The van der Waals surface area contributed by atoms with Crippen molar-refractivity contribution < 1.29 is 8.78 Å². The van der Waals surface area contributed by atoms with E-state index in [4.69, 9.17) is 5.73 Å². The van der Waals surface area contributed by atoms with Crippen LogP contribution in [-0.2, 0) is 6.54 Å². The van der Waals surface area contributed by atoms with Gasteiger partial charge in [-0.3, -0.25) is 0 Å². The number of hydrogen-bond acceptors (Lipinski definition) is 4. The Kier molecular flexibility index (Phi) is 3.15. The highest BCUT2D eigenvalue weighted by Gasteiger charge is 2.25.